The van der Waals surface area contributed by atoms with Gasteiger partial charge < -0.3 is 14.9 Å². The van der Waals surface area contributed by atoms with Crippen molar-refractivity contribution in [2.75, 3.05) is 31.6 Å². The number of carbonyl (C=O) groups is 1. The topological polar surface area (TPSA) is 67.6 Å². The van der Waals surface area contributed by atoms with E-state index < -0.39 is 5.97 Å². The van der Waals surface area contributed by atoms with Crippen molar-refractivity contribution in [1.29, 1.82) is 5.26 Å². The third-order valence-corrected chi connectivity index (χ3v) is 3.66. The zero-order valence-electron chi connectivity index (χ0n) is 11.1. The lowest BCUT2D eigenvalue weighted by Crippen LogP contribution is -2.50. The molecule has 0 saturated carbocycles. The second-order valence-electron chi connectivity index (χ2n) is 4.92. The third kappa shape index (κ3) is 2.69. The van der Waals surface area contributed by atoms with Gasteiger partial charge in [0.25, 0.3) is 0 Å². The van der Waals surface area contributed by atoms with Gasteiger partial charge in [-0.2, -0.15) is 5.26 Å². The van der Waals surface area contributed by atoms with E-state index in [9.17, 15) is 10.1 Å². The molecule has 0 aliphatic carbocycles. The van der Waals surface area contributed by atoms with Gasteiger partial charge in [0, 0.05) is 25.7 Å². The Morgan fingerprint density at radius 1 is 1.47 bits per heavy atom. The summed E-state index contributed by atoms with van der Waals surface area (Å²) in [5.74, 6) is -1.00. The van der Waals surface area contributed by atoms with Crippen LogP contribution in [0.2, 0.25) is 0 Å². The maximum Gasteiger partial charge on any atom is 0.335 e. The van der Waals surface area contributed by atoms with Gasteiger partial charge in [0.15, 0.2) is 0 Å². The van der Waals surface area contributed by atoms with Crippen LogP contribution in [-0.4, -0.2) is 48.7 Å². The Morgan fingerprint density at radius 2 is 2.21 bits per heavy atom. The van der Waals surface area contributed by atoms with Gasteiger partial charge in [-0.3, -0.25) is 0 Å². The summed E-state index contributed by atoms with van der Waals surface area (Å²) in [5.41, 5.74) is 1.41. The molecule has 1 aromatic carbocycles. The fourth-order valence-electron chi connectivity index (χ4n) is 2.30. The van der Waals surface area contributed by atoms with Crippen molar-refractivity contribution in [2.45, 2.75) is 13.0 Å². The second-order valence-corrected chi connectivity index (χ2v) is 4.92. The fraction of sp³-hybridized carbons (Fsp3) is 0.429. The Bertz CT molecular complexity index is 536. The molecule has 1 N–H and O–H groups in total. The molecule has 0 bridgehead atoms. The molecule has 1 unspecified atom stereocenters. The molecule has 1 fully saturated rings. The van der Waals surface area contributed by atoms with Gasteiger partial charge in [-0.05, 0) is 32.2 Å². The van der Waals surface area contributed by atoms with E-state index in [1.54, 1.807) is 12.1 Å². The average Bonchev–Trinajstić information content (AvgIpc) is 2.41. The van der Waals surface area contributed by atoms with Crippen LogP contribution >= 0.6 is 0 Å². The fourth-order valence-corrected chi connectivity index (χ4v) is 2.30. The lowest BCUT2D eigenvalue weighted by molar-refractivity contribution is 0.0697. The Kier molecular flexibility index (Phi) is 3.72. The first-order valence-corrected chi connectivity index (χ1v) is 6.25. The summed E-state index contributed by atoms with van der Waals surface area (Å²) < 4.78 is 0. The number of hydrogen-bond acceptors (Lipinski definition) is 4. The lowest BCUT2D eigenvalue weighted by Gasteiger charge is -2.39. The highest BCUT2D eigenvalue weighted by molar-refractivity contribution is 5.89. The van der Waals surface area contributed by atoms with Gasteiger partial charge in [-0.15, -0.1) is 0 Å². The SMILES string of the molecule is CC1CN(c2ccc(C(=O)O)cc2C#N)CCN1C. The molecule has 1 saturated heterocycles. The number of nitriles is 1. The average molecular weight is 259 g/mol. The smallest absolute Gasteiger partial charge is 0.335 e. The summed E-state index contributed by atoms with van der Waals surface area (Å²) in [6.45, 7) is 4.77. The van der Waals surface area contributed by atoms with Crippen molar-refractivity contribution in [3.05, 3.63) is 29.3 Å². The normalized spacial score (nSPS) is 20.1. The molecular formula is C14H17N3O2. The van der Waals surface area contributed by atoms with E-state index in [1.165, 1.54) is 6.07 Å². The maximum atomic E-state index is 10.9. The van der Waals surface area contributed by atoms with Crippen LogP contribution in [0.15, 0.2) is 18.2 Å². The Labute approximate surface area is 112 Å². The molecule has 1 aliphatic rings. The largest absolute Gasteiger partial charge is 0.478 e. The molecule has 5 nitrogen and oxygen atoms in total. The highest BCUT2D eigenvalue weighted by Crippen LogP contribution is 2.24. The molecule has 1 heterocycles. The van der Waals surface area contributed by atoms with E-state index in [-0.39, 0.29) is 5.56 Å². The van der Waals surface area contributed by atoms with Crippen molar-refractivity contribution in [1.82, 2.24) is 4.90 Å². The van der Waals surface area contributed by atoms with E-state index in [0.717, 1.165) is 25.3 Å². The number of rotatable bonds is 2. The predicted octanol–water partition coefficient (Wildman–Crippen LogP) is 1.40. The van der Waals surface area contributed by atoms with Crippen LogP contribution in [0.3, 0.4) is 0 Å². The Balaban J connectivity index is 2.30. The quantitative estimate of drug-likeness (QED) is 0.869. The number of aromatic carboxylic acids is 1. The molecule has 1 atom stereocenters. The van der Waals surface area contributed by atoms with Crippen molar-refractivity contribution in [3.8, 4) is 6.07 Å². The van der Waals surface area contributed by atoms with Crippen molar-refractivity contribution in [2.24, 2.45) is 0 Å². The molecule has 5 heteroatoms. The number of anilines is 1. The number of benzene rings is 1. The molecule has 0 spiro atoms. The van der Waals surface area contributed by atoms with Crippen LogP contribution in [0, 0.1) is 11.3 Å². The number of nitrogens with zero attached hydrogens (tertiary/aromatic N) is 3. The lowest BCUT2D eigenvalue weighted by atomic mass is 10.1. The first-order chi connectivity index (χ1) is 9.02. The van der Waals surface area contributed by atoms with Crippen LogP contribution in [0.5, 0.6) is 0 Å². The molecular weight excluding hydrogens is 242 g/mol. The van der Waals surface area contributed by atoms with Crippen LogP contribution in [0.1, 0.15) is 22.8 Å². The minimum atomic E-state index is -1.00. The van der Waals surface area contributed by atoms with Crippen molar-refractivity contribution in [3.63, 3.8) is 0 Å². The number of carboxylic acid groups (broad SMARTS) is 1. The monoisotopic (exact) mass is 259 g/mol. The molecule has 100 valence electrons. The van der Waals surface area contributed by atoms with Gasteiger partial charge in [0.05, 0.1) is 16.8 Å². The van der Waals surface area contributed by atoms with E-state index in [4.69, 9.17) is 5.11 Å². The first-order valence-electron chi connectivity index (χ1n) is 6.25. The molecule has 0 aromatic heterocycles. The minimum Gasteiger partial charge on any atom is -0.478 e. The van der Waals surface area contributed by atoms with Gasteiger partial charge >= 0.3 is 5.97 Å². The van der Waals surface area contributed by atoms with Crippen LogP contribution < -0.4 is 4.90 Å². The van der Waals surface area contributed by atoms with Crippen LogP contribution in [-0.2, 0) is 0 Å². The van der Waals surface area contributed by atoms with Crippen molar-refractivity contribution >= 4 is 11.7 Å². The standard InChI is InChI=1S/C14H17N3O2/c1-10-9-17(6-5-16(10)2)13-4-3-11(14(18)19)7-12(13)8-15/h3-4,7,10H,5-6,9H2,1-2H3,(H,18,19). The van der Waals surface area contributed by atoms with Gasteiger partial charge in [-0.1, -0.05) is 0 Å². The Hall–Kier alpha value is -2.06. The molecule has 1 aromatic rings. The van der Waals surface area contributed by atoms with E-state index in [0.29, 0.717) is 11.6 Å². The summed E-state index contributed by atoms with van der Waals surface area (Å²) in [7, 11) is 2.08. The van der Waals surface area contributed by atoms with Gasteiger partial charge in [-0.25, -0.2) is 4.79 Å². The van der Waals surface area contributed by atoms with Crippen molar-refractivity contribution < 1.29 is 9.90 Å². The highest BCUT2D eigenvalue weighted by Gasteiger charge is 2.22. The summed E-state index contributed by atoms with van der Waals surface area (Å²) in [4.78, 5) is 15.3. The zero-order chi connectivity index (χ0) is 14.0. The predicted molar refractivity (Wildman–Crippen MR) is 72.4 cm³/mol. The summed E-state index contributed by atoms with van der Waals surface area (Å²) in [6, 6.07) is 7.25. The number of likely N-dealkylation sites (N-methyl/N-ethyl adjacent to an activating group) is 1. The number of carboxylic acids is 1. The van der Waals surface area contributed by atoms with E-state index in [2.05, 4.69) is 29.8 Å². The van der Waals surface area contributed by atoms with Crippen LogP contribution in [0.4, 0.5) is 5.69 Å². The number of hydrogen-bond donors (Lipinski definition) is 1. The molecule has 2 rings (SSSR count). The maximum absolute atomic E-state index is 10.9. The van der Waals surface area contributed by atoms with Gasteiger partial charge in [0.2, 0.25) is 0 Å². The zero-order valence-corrected chi connectivity index (χ0v) is 11.1. The molecule has 0 radical (unpaired) electrons. The van der Waals surface area contributed by atoms with Gasteiger partial charge in [0.1, 0.15) is 6.07 Å². The van der Waals surface area contributed by atoms with E-state index >= 15 is 0 Å². The third-order valence-electron chi connectivity index (χ3n) is 3.66. The second kappa shape index (κ2) is 5.29. The highest BCUT2D eigenvalue weighted by atomic mass is 16.4. The van der Waals surface area contributed by atoms with Crippen LogP contribution in [0.25, 0.3) is 0 Å². The Morgan fingerprint density at radius 3 is 2.79 bits per heavy atom. The summed E-state index contributed by atoms with van der Waals surface area (Å²) in [5, 5.41) is 18.1. The minimum absolute atomic E-state index is 0.155. The molecule has 0 amide bonds. The summed E-state index contributed by atoms with van der Waals surface area (Å²) >= 11 is 0. The first kappa shape index (κ1) is 13.4. The van der Waals surface area contributed by atoms with E-state index in [1.807, 2.05) is 0 Å². The molecule has 1 aliphatic heterocycles. The summed E-state index contributed by atoms with van der Waals surface area (Å²) in [6.07, 6.45) is 0. The molecule has 19 heavy (non-hydrogen) atoms. The number of piperazine rings is 1.